The van der Waals surface area contributed by atoms with E-state index in [1.807, 2.05) is 29.2 Å². The molecule has 2 aromatic rings. The Hall–Kier alpha value is -1.46. The van der Waals surface area contributed by atoms with E-state index >= 15 is 0 Å². The predicted octanol–water partition coefficient (Wildman–Crippen LogP) is 2.10. The Morgan fingerprint density at radius 3 is 3.18 bits per heavy atom. The average Bonchev–Trinajstić information content (AvgIpc) is 3.13. The lowest BCUT2D eigenvalue weighted by Crippen LogP contribution is -2.44. The Bertz CT molecular complexity index is 669. The molecule has 3 heterocycles. The van der Waals surface area contributed by atoms with Gasteiger partial charge in [0.15, 0.2) is 5.65 Å². The number of fused-ring (bicyclic) bond motifs is 2. The average molecular weight is 300 g/mol. The molecule has 1 saturated carbocycles. The Morgan fingerprint density at radius 1 is 1.41 bits per heavy atom. The molecule has 5 heteroatoms. The van der Waals surface area contributed by atoms with Crippen LogP contribution in [0.5, 0.6) is 0 Å². The first kappa shape index (κ1) is 14.2. The summed E-state index contributed by atoms with van der Waals surface area (Å²) in [5.74, 6) is 1.08. The van der Waals surface area contributed by atoms with Crippen LogP contribution in [0.4, 0.5) is 0 Å². The number of nitrogens with zero attached hydrogens (tertiary/aromatic N) is 4. The highest BCUT2D eigenvalue weighted by Crippen LogP contribution is 2.44. The molecule has 1 aliphatic heterocycles. The highest BCUT2D eigenvalue weighted by molar-refractivity contribution is 5.45. The second-order valence-corrected chi connectivity index (χ2v) is 6.97. The van der Waals surface area contributed by atoms with Crippen molar-refractivity contribution in [3.63, 3.8) is 0 Å². The fraction of sp³-hybridized carbons (Fsp3) is 0.647. The zero-order chi connectivity index (χ0) is 15.2. The summed E-state index contributed by atoms with van der Waals surface area (Å²) in [7, 11) is 0. The van der Waals surface area contributed by atoms with Crippen LogP contribution in [0.2, 0.25) is 0 Å². The van der Waals surface area contributed by atoms with E-state index in [1.165, 1.54) is 12.0 Å². The standard InChI is InChI=1S/C17H24N4O/c1-2-17(22)6-3-5-13-10-20(12-15(13)17)11-14-9-19-21-8-4-7-18-16(14)21/h4,7-9,13,15,22H,2-3,5-6,10-12H2,1H3/t13-,15+,17-/m1/s1. The summed E-state index contributed by atoms with van der Waals surface area (Å²) in [6.45, 7) is 5.10. The lowest BCUT2D eigenvalue weighted by molar-refractivity contribution is -0.0613. The first-order valence-electron chi connectivity index (χ1n) is 8.41. The van der Waals surface area contributed by atoms with Gasteiger partial charge >= 0.3 is 0 Å². The molecule has 3 atom stereocenters. The van der Waals surface area contributed by atoms with E-state index < -0.39 is 5.60 Å². The number of aliphatic hydroxyl groups is 1. The summed E-state index contributed by atoms with van der Waals surface area (Å²) < 4.78 is 1.83. The van der Waals surface area contributed by atoms with E-state index in [1.54, 1.807) is 0 Å². The molecular weight excluding hydrogens is 276 g/mol. The van der Waals surface area contributed by atoms with Crippen LogP contribution in [0.15, 0.2) is 24.7 Å². The van der Waals surface area contributed by atoms with Crippen molar-refractivity contribution in [2.45, 2.75) is 44.8 Å². The van der Waals surface area contributed by atoms with Crippen LogP contribution in [0, 0.1) is 11.8 Å². The van der Waals surface area contributed by atoms with Gasteiger partial charge in [-0.3, -0.25) is 4.90 Å². The minimum absolute atomic E-state index is 0.432. The first-order chi connectivity index (χ1) is 10.7. The van der Waals surface area contributed by atoms with Crippen molar-refractivity contribution in [2.24, 2.45) is 11.8 Å². The quantitative estimate of drug-likeness (QED) is 0.943. The zero-order valence-corrected chi connectivity index (χ0v) is 13.1. The lowest BCUT2D eigenvalue weighted by Gasteiger charge is -2.40. The molecule has 2 fully saturated rings. The van der Waals surface area contributed by atoms with Crippen molar-refractivity contribution >= 4 is 5.65 Å². The van der Waals surface area contributed by atoms with Crippen LogP contribution < -0.4 is 0 Å². The van der Waals surface area contributed by atoms with Crippen molar-refractivity contribution in [1.82, 2.24) is 19.5 Å². The number of aromatic nitrogens is 3. The van der Waals surface area contributed by atoms with Gasteiger partial charge in [0.1, 0.15) is 0 Å². The molecular formula is C17H24N4O. The van der Waals surface area contributed by atoms with Gasteiger partial charge in [-0.2, -0.15) is 5.10 Å². The van der Waals surface area contributed by atoms with Crippen LogP contribution in [0.25, 0.3) is 5.65 Å². The Labute approximate surface area is 131 Å². The number of hydrogen-bond donors (Lipinski definition) is 1. The third-order valence-corrected chi connectivity index (χ3v) is 5.75. The number of hydrogen-bond acceptors (Lipinski definition) is 4. The third kappa shape index (κ3) is 2.23. The molecule has 2 aromatic heterocycles. The molecule has 0 unspecified atom stereocenters. The molecule has 0 spiro atoms. The maximum absolute atomic E-state index is 10.9. The summed E-state index contributed by atoms with van der Waals surface area (Å²) in [4.78, 5) is 6.92. The first-order valence-corrected chi connectivity index (χ1v) is 8.41. The highest BCUT2D eigenvalue weighted by Gasteiger charge is 2.47. The smallest absolute Gasteiger partial charge is 0.159 e. The van der Waals surface area contributed by atoms with Crippen LogP contribution in [0.1, 0.15) is 38.2 Å². The Morgan fingerprint density at radius 2 is 2.32 bits per heavy atom. The van der Waals surface area contributed by atoms with E-state index in [4.69, 9.17) is 0 Å². The fourth-order valence-electron chi connectivity index (χ4n) is 4.51. The predicted molar refractivity (Wildman–Crippen MR) is 84.3 cm³/mol. The van der Waals surface area contributed by atoms with Crippen LogP contribution >= 0.6 is 0 Å². The highest BCUT2D eigenvalue weighted by atomic mass is 16.3. The zero-order valence-electron chi connectivity index (χ0n) is 13.1. The van der Waals surface area contributed by atoms with Gasteiger partial charge in [0.25, 0.3) is 0 Å². The summed E-state index contributed by atoms with van der Waals surface area (Å²) in [6.07, 6.45) is 9.95. The minimum Gasteiger partial charge on any atom is -0.390 e. The third-order valence-electron chi connectivity index (χ3n) is 5.75. The topological polar surface area (TPSA) is 53.7 Å². The molecule has 22 heavy (non-hydrogen) atoms. The van der Waals surface area contributed by atoms with E-state index in [0.29, 0.717) is 11.8 Å². The molecule has 1 N–H and O–H groups in total. The second-order valence-electron chi connectivity index (χ2n) is 6.97. The van der Waals surface area contributed by atoms with Crippen LogP contribution in [0.3, 0.4) is 0 Å². The van der Waals surface area contributed by atoms with Gasteiger partial charge in [0, 0.05) is 43.5 Å². The molecule has 0 bridgehead atoms. The summed E-state index contributed by atoms with van der Waals surface area (Å²) in [5, 5.41) is 15.3. The van der Waals surface area contributed by atoms with Gasteiger partial charge in [-0.05, 0) is 31.2 Å². The molecule has 118 valence electrons. The van der Waals surface area contributed by atoms with E-state index in [-0.39, 0.29) is 0 Å². The molecule has 4 rings (SSSR count). The van der Waals surface area contributed by atoms with Crippen molar-refractivity contribution < 1.29 is 5.11 Å². The fourth-order valence-corrected chi connectivity index (χ4v) is 4.51. The van der Waals surface area contributed by atoms with E-state index in [2.05, 4.69) is 21.9 Å². The van der Waals surface area contributed by atoms with Crippen molar-refractivity contribution in [3.8, 4) is 0 Å². The Balaban J connectivity index is 1.53. The normalized spacial score (nSPS) is 32.5. The van der Waals surface area contributed by atoms with E-state index in [0.717, 1.165) is 44.5 Å². The van der Waals surface area contributed by atoms with Gasteiger partial charge in [0.2, 0.25) is 0 Å². The minimum atomic E-state index is -0.447. The van der Waals surface area contributed by atoms with Gasteiger partial charge < -0.3 is 5.11 Å². The molecule has 0 radical (unpaired) electrons. The molecule has 5 nitrogen and oxygen atoms in total. The monoisotopic (exact) mass is 300 g/mol. The van der Waals surface area contributed by atoms with Crippen molar-refractivity contribution in [3.05, 3.63) is 30.2 Å². The maximum Gasteiger partial charge on any atom is 0.159 e. The Kier molecular flexibility index (Phi) is 3.42. The SMILES string of the molecule is CC[C@@]1(O)CCC[C@@H]2CN(Cc3cnn4cccnc34)C[C@@H]21. The molecule has 1 saturated heterocycles. The molecule has 0 aromatic carbocycles. The molecule has 0 amide bonds. The van der Waals surface area contributed by atoms with Gasteiger partial charge in [0.05, 0.1) is 11.8 Å². The molecule has 1 aliphatic carbocycles. The lowest BCUT2D eigenvalue weighted by atomic mass is 9.69. The number of likely N-dealkylation sites (tertiary alicyclic amines) is 1. The summed E-state index contributed by atoms with van der Waals surface area (Å²) in [6, 6.07) is 1.90. The number of rotatable bonds is 3. The van der Waals surface area contributed by atoms with Gasteiger partial charge in [-0.25, -0.2) is 9.50 Å². The maximum atomic E-state index is 10.9. The molecule has 2 aliphatic rings. The largest absolute Gasteiger partial charge is 0.390 e. The second kappa shape index (κ2) is 5.32. The van der Waals surface area contributed by atoms with E-state index in [9.17, 15) is 5.11 Å². The van der Waals surface area contributed by atoms with Gasteiger partial charge in [-0.15, -0.1) is 0 Å². The summed E-state index contributed by atoms with van der Waals surface area (Å²) in [5.41, 5.74) is 1.68. The summed E-state index contributed by atoms with van der Waals surface area (Å²) >= 11 is 0. The van der Waals surface area contributed by atoms with Gasteiger partial charge in [-0.1, -0.05) is 13.3 Å². The van der Waals surface area contributed by atoms with Crippen LogP contribution in [-0.4, -0.2) is 43.3 Å². The van der Waals surface area contributed by atoms with Crippen molar-refractivity contribution in [1.29, 1.82) is 0 Å². The van der Waals surface area contributed by atoms with Crippen molar-refractivity contribution in [2.75, 3.05) is 13.1 Å². The van der Waals surface area contributed by atoms with Crippen LogP contribution in [-0.2, 0) is 6.54 Å².